The summed E-state index contributed by atoms with van der Waals surface area (Å²) in [6.45, 7) is 4.72. The Morgan fingerprint density at radius 2 is 1.79 bits per heavy atom. The molecule has 0 saturated carbocycles. The Balaban J connectivity index is 1.63. The Bertz CT molecular complexity index is 1010. The molecule has 1 aromatic carbocycles. The van der Waals surface area contributed by atoms with Gasteiger partial charge in [-0.3, -0.25) is 0 Å². The van der Waals surface area contributed by atoms with Crippen LogP contribution in [0, 0.1) is 13.8 Å². The first-order valence-corrected chi connectivity index (χ1v) is 7.98. The van der Waals surface area contributed by atoms with Gasteiger partial charge in [0.25, 0.3) is 0 Å². The van der Waals surface area contributed by atoms with Crippen molar-refractivity contribution in [3.05, 3.63) is 66.0 Å². The van der Waals surface area contributed by atoms with E-state index in [1.54, 1.807) is 0 Å². The average molecular weight is 317 g/mol. The minimum absolute atomic E-state index is 0.791. The van der Waals surface area contributed by atoms with E-state index in [2.05, 4.69) is 60.6 Å². The second kappa shape index (κ2) is 5.60. The maximum absolute atomic E-state index is 4.58. The summed E-state index contributed by atoms with van der Waals surface area (Å²) in [7, 11) is 2.03. The van der Waals surface area contributed by atoms with Crippen molar-refractivity contribution in [1.82, 2.24) is 24.1 Å². The molecular weight excluding hydrogens is 298 g/mol. The lowest BCUT2D eigenvalue weighted by Crippen LogP contribution is -2.00. The molecule has 5 heteroatoms. The van der Waals surface area contributed by atoms with Crippen LogP contribution in [0.4, 0.5) is 0 Å². The fourth-order valence-corrected chi connectivity index (χ4v) is 3.02. The van der Waals surface area contributed by atoms with Crippen molar-refractivity contribution in [2.45, 2.75) is 20.4 Å². The summed E-state index contributed by atoms with van der Waals surface area (Å²) in [6, 6.07) is 10.6. The third-order valence-corrected chi connectivity index (χ3v) is 4.18. The van der Waals surface area contributed by atoms with E-state index in [4.69, 9.17) is 0 Å². The number of rotatable bonds is 3. The predicted octanol–water partition coefficient (Wildman–Crippen LogP) is 3.50. The summed E-state index contributed by atoms with van der Waals surface area (Å²) in [5.74, 6) is 1.79. The van der Waals surface area contributed by atoms with Crippen LogP contribution >= 0.6 is 0 Å². The van der Waals surface area contributed by atoms with Crippen LogP contribution in [-0.2, 0) is 13.6 Å². The third kappa shape index (κ3) is 2.58. The summed E-state index contributed by atoms with van der Waals surface area (Å²) in [4.78, 5) is 13.4. The molecule has 0 radical (unpaired) electrons. The number of aryl methyl sites for hydroxylation is 3. The Morgan fingerprint density at radius 3 is 2.50 bits per heavy atom. The maximum Gasteiger partial charge on any atom is 0.143 e. The zero-order valence-corrected chi connectivity index (χ0v) is 14.1. The molecule has 3 heterocycles. The molecule has 24 heavy (non-hydrogen) atoms. The van der Waals surface area contributed by atoms with Gasteiger partial charge in [0.15, 0.2) is 0 Å². The maximum atomic E-state index is 4.58. The Morgan fingerprint density at radius 1 is 1.00 bits per heavy atom. The van der Waals surface area contributed by atoms with Crippen molar-refractivity contribution in [1.29, 1.82) is 0 Å². The van der Waals surface area contributed by atoms with Crippen molar-refractivity contribution in [2.24, 2.45) is 7.05 Å². The fourth-order valence-electron chi connectivity index (χ4n) is 3.02. The molecule has 0 aliphatic rings. The van der Waals surface area contributed by atoms with E-state index < -0.39 is 0 Å². The van der Waals surface area contributed by atoms with E-state index >= 15 is 0 Å². The van der Waals surface area contributed by atoms with E-state index in [1.807, 2.05) is 33.3 Å². The number of imidazole rings is 1. The second-order valence-corrected chi connectivity index (χ2v) is 6.15. The Labute approximate surface area is 140 Å². The second-order valence-electron chi connectivity index (χ2n) is 6.15. The van der Waals surface area contributed by atoms with Crippen molar-refractivity contribution >= 4 is 11.0 Å². The van der Waals surface area contributed by atoms with Gasteiger partial charge < -0.3 is 9.13 Å². The van der Waals surface area contributed by atoms with Gasteiger partial charge in [-0.05, 0) is 25.5 Å². The molecule has 0 atom stereocenters. The van der Waals surface area contributed by atoms with E-state index in [1.165, 1.54) is 5.56 Å². The van der Waals surface area contributed by atoms with Gasteiger partial charge in [0.2, 0.25) is 0 Å². The number of benzene rings is 1. The number of hydrogen-bond donors (Lipinski definition) is 0. The topological polar surface area (TPSA) is 48.5 Å². The molecule has 0 unspecified atom stereocenters. The summed E-state index contributed by atoms with van der Waals surface area (Å²) < 4.78 is 4.22. The Hall–Kier alpha value is -2.95. The van der Waals surface area contributed by atoms with E-state index in [-0.39, 0.29) is 0 Å². The SMILES string of the molecule is Cc1cn(C)c(-c2ccc(Cn3ccc4cnc(C)nc43)cc2)n1. The summed E-state index contributed by atoms with van der Waals surface area (Å²) in [5, 5.41) is 1.07. The van der Waals surface area contributed by atoms with E-state index in [9.17, 15) is 0 Å². The summed E-state index contributed by atoms with van der Waals surface area (Å²) >= 11 is 0. The monoisotopic (exact) mass is 317 g/mol. The number of fused-ring (bicyclic) bond motifs is 1. The number of hydrogen-bond acceptors (Lipinski definition) is 3. The minimum atomic E-state index is 0.791. The van der Waals surface area contributed by atoms with Crippen molar-refractivity contribution in [3.63, 3.8) is 0 Å². The van der Waals surface area contributed by atoms with Crippen LogP contribution in [0.15, 0.2) is 48.9 Å². The number of aromatic nitrogens is 5. The van der Waals surface area contributed by atoms with Crippen LogP contribution in [0.3, 0.4) is 0 Å². The predicted molar refractivity (Wildman–Crippen MR) is 94.7 cm³/mol. The van der Waals surface area contributed by atoms with Gasteiger partial charge in [0, 0.05) is 43.1 Å². The van der Waals surface area contributed by atoms with Crippen molar-refractivity contribution < 1.29 is 0 Å². The molecule has 0 N–H and O–H groups in total. The first-order valence-electron chi connectivity index (χ1n) is 7.98. The average Bonchev–Trinajstić information content (AvgIpc) is 3.11. The van der Waals surface area contributed by atoms with Crippen LogP contribution in [-0.4, -0.2) is 24.1 Å². The zero-order chi connectivity index (χ0) is 16.7. The van der Waals surface area contributed by atoms with E-state index in [0.29, 0.717) is 0 Å². The molecule has 0 spiro atoms. The van der Waals surface area contributed by atoms with E-state index in [0.717, 1.165) is 40.5 Å². The molecule has 0 aliphatic carbocycles. The molecule has 4 rings (SSSR count). The molecule has 4 aromatic rings. The van der Waals surface area contributed by atoms with Crippen LogP contribution in [0.25, 0.3) is 22.4 Å². The smallest absolute Gasteiger partial charge is 0.143 e. The minimum Gasteiger partial charge on any atom is -0.334 e. The first-order chi connectivity index (χ1) is 11.6. The molecule has 5 nitrogen and oxygen atoms in total. The lowest BCUT2D eigenvalue weighted by atomic mass is 10.1. The summed E-state index contributed by atoms with van der Waals surface area (Å²) in [5.41, 5.74) is 4.38. The van der Waals surface area contributed by atoms with Gasteiger partial charge in [0.05, 0.1) is 5.69 Å². The zero-order valence-electron chi connectivity index (χ0n) is 14.1. The molecule has 3 aromatic heterocycles. The molecule has 0 saturated heterocycles. The fraction of sp³-hybridized carbons (Fsp3) is 0.211. The highest BCUT2D eigenvalue weighted by Crippen LogP contribution is 2.20. The lowest BCUT2D eigenvalue weighted by molar-refractivity contribution is 0.820. The Kier molecular flexibility index (Phi) is 3.41. The van der Waals surface area contributed by atoms with Gasteiger partial charge >= 0.3 is 0 Å². The van der Waals surface area contributed by atoms with Crippen LogP contribution in [0.1, 0.15) is 17.1 Å². The van der Waals surface area contributed by atoms with Crippen LogP contribution in [0.2, 0.25) is 0 Å². The van der Waals surface area contributed by atoms with Crippen molar-refractivity contribution in [3.8, 4) is 11.4 Å². The molecule has 0 aliphatic heterocycles. The van der Waals surface area contributed by atoms with Crippen molar-refractivity contribution in [2.75, 3.05) is 0 Å². The highest BCUT2D eigenvalue weighted by molar-refractivity contribution is 5.75. The quantitative estimate of drug-likeness (QED) is 0.581. The van der Waals surface area contributed by atoms with Gasteiger partial charge in [-0.2, -0.15) is 0 Å². The molecule has 0 fully saturated rings. The largest absolute Gasteiger partial charge is 0.334 e. The first kappa shape index (κ1) is 14.6. The number of nitrogens with zero attached hydrogens (tertiary/aromatic N) is 5. The molecule has 120 valence electrons. The van der Waals surface area contributed by atoms with Gasteiger partial charge in [-0.15, -0.1) is 0 Å². The highest BCUT2D eigenvalue weighted by Gasteiger charge is 2.07. The molecule has 0 bridgehead atoms. The van der Waals surface area contributed by atoms with Crippen LogP contribution < -0.4 is 0 Å². The van der Waals surface area contributed by atoms with Gasteiger partial charge in [0.1, 0.15) is 17.3 Å². The third-order valence-electron chi connectivity index (χ3n) is 4.18. The molecule has 0 amide bonds. The molecular formula is C19H19N5. The highest BCUT2D eigenvalue weighted by atomic mass is 15.1. The van der Waals surface area contributed by atoms with Gasteiger partial charge in [-0.25, -0.2) is 15.0 Å². The van der Waals surface area contributed by atoms with Gasteiger partial charge in [-0.1, -0.05) is 24.3 Å². The lowest BCUT2D eigenvalue weighted by Gasteiger charge is -2.07. The summed E-state index contributed by atoms with van der Waals surface area (Å²) in [6.07, 6.45) is 5.98. The normalized spacial score (nSPS) is 11.3. The standard InChI is InChI=1S/C19H19N5/c1-13-11-23(3)18(21-13)16-6-4-15(5-7-16)12-24-9-8-17-10-20-14(2)22-19(17)24/h4-11H,12H2,1-3H3. The van der Waals surface area contributed by atoms with Crippen LogP contribution in [0.5, 0.6) is 0 Å².